The second-order valence-corrected chi connectivity index (χ2v) is 6.90. The molecule has 0 spiro atoms. The lowest BCUT2D eigenvalue weighted by molar-refractivity contribution is -0.157. The second-order valence-electron chi connectivity index (χ2n) is 5.98. The van der Waals surface area contributed by atoms with Gasteiger partial charge in [0.15, 0.2) is 0 Å². The van der Waals surface area contributed by atoms with Crippen molar-refractivity contribution in [3.05, 3.63) is 28.2 Å². The Kier molecular flexibility index (Phi) is 4.18. The van der Waals surface area contributed by atoms with Gasteiger partial charge in [-0.3, -0.25) is 9.59 Å². The van der Waals surface area contributed by atoms with Gasteiger partial charge in [0, 0.05) is 10.2 Å². The predicted octanol–water partition coefficient (Wildman–Crippen LogP) is 3.29. The molecule has 108 valence electrons. The average Bonchev–Trinajstić information content (AvgIpc) is 2.28. The molecule has 2 rings (SSSR count). The standard InChI is InChI=1S/C15H18BrNO3/c1-15(2,3)20-13(18)8-10-6-9-7-11(16)4-5-12(9)17-14(10)19/h4-5,7,10H,6,8H2,1-3H3,(H,17,19)/t10-/m1/s1. The van der Waals surface area contributed by atoms with Crippen molar-refractivity contribution in [2.24, 2.45) is 5.92 Å². The summed E-state index contributed by atoms with van der Waals surface area (Å²) in [5, 5.41) is 2.84. The number of esters is 1. The van der Waals surface area contributed by atoms with Crippen LogP contribution in [0, 0.1) is 5.92 Å². The van der Waals surface area contributed by atoms with E-state index < -0.39 is 5.60 Å². The number of benzene rings is 1. The van der Waals surface area contributed by atoms with Gasteiger partial charge in [0.05, 0.1) is 12.3 Å². The van der Waals surface area contributed by atoms with Crippen LogP contribution in [0.1, 0.15) is 32.8 Å². The van der Waals surface area contributed by atoms with Crippen molar-refractivity contribution >= 4 is 33.5 Å². The van der Waals surface area contributed by atoms with Crippen molar-refractivity contribution in [3.8, 4) is 0 Å². The maximum Gasteiger partial charge on any atom is 0.307 e. The third-order valence-corrected chi connectivity index (χ3v) is 3.49. The van der Waals surface area contributed by atoms with Gasteiger partial charge in [-0.25, -0.2) is 0 Å². The summed E-state index contributed by atoms with van der Waals surface area (Å²) in [7, 11) is 0. The van der Waals surface area contributed by atoms with Gasteiger partial charge in [-0.2, -0.15) is 0 Å². The van der Waals surface area contributed by atoms with Gasteiger partial charge < -0.3 is 10.1 Å². The Labute approximate surface area is 127 Å². The zero-order chi connectivity index (χ0) is 14.9. The fourth-order valence-electron chi connectivity index (χ4n) is 2.20. The molecule has 4 nitrogen and oxygen atoms in total. The minimum atomic E-state index is -0.525. The molecular formula is C15H18BrNO3. The molecule has 1 amide bonds. The summed E-state index contributed by atoms with van der Waals surface area (Å²) in [6.07, 6.45) is 0.662. The number of halogens is 1. The summed E-state index contributed by atoms with van der Waals surface area (Å²) in [5.74, 6) is -0.826. The van der Waals surface area contributed by atoms with Gasteiger partial charge in [0.2, 0.25) is 5.91 Å². The van der Waals surface area contributed by atoms with E-state index in [2.05, 4.69) is 21.2 Å². The maximum absolute atomic E-state index is 12.0. The zero-order valence-corrected chi connectivity index (χ0v) is 13.4. The SMILES string of the molecule is CC(C)(C)OC(=O)C[C@H]1Cc2cc(Br)ccc2NC1=O. The van der Waals surface area contributed by atoms with Gasteiger partial charge >= 0.3 is 5.97 Å². The highest BCUT2D eigenvalue weighted by atomic mass is 79.9. The van der Waals surface area contributed by atoms with Crippen molar-refractivity contribution in [2.75, 3.05) is 5.32 Å². The molecule has 0 saturated heterocycles. The van der Waals surface area contributed by atoms with E-state index in [1.54, 1.807) is 0 Å². The molecule has 0 radical (unpaired) electrons. The number of carbonyl (C=O) groups excluding carboxylic acids is 2. The summed E-state index contributed by atoms with van der Waals surface area (Å²) in [4.78, 5) is 23.9. The number of ether oxygens (including phenoxy) is 1. The van der Waals surface area contributed by atoms with Gasteiger partial charge in [0.1, 0.15) is 5.60 Å². The minimum Gasteiger partial charge on any atom is -0.460 e. The minimum absolute atomic E-state index is 0.106. The molecule has 1 aromatic rings. The molecule has 1 aromatic carbocycles. The van der Waals surface area contributed by atoms with Crippen LogP contribution in [0.5, 0.6) is 0 Å². The third kappa shape index (κ3) is 3.82. The van der Waals surface area contributed by atoms with Crippen molar-refractivity contribution in [2.45, 2.75) is 39.2 Å². The number of rotatable bonds is 2. The van der Waals surface area contributed by atoms with E-state index in [1.165, 1.54) is 0 Å². The predicted molar refractivity (Wildman–Crippen MR) is 80.4 cm³/mol. The third-order valence-electron chi connectivity index (χ3n) is 3.00. The number of hydrogen-bond acceptors (Lipinski definition) is 3. The van der Waals surface area contributed by atoms with Crippen LogP contribution in [0.25, 0.3) is 0 Å². The van der Waals surface area contributed by atoms with E-state index in [0.29, 0.717) is 6.42 Å². The summed E-state index contributed by atoms with van der Waals surface area (Å²) in [6.45, 7) is 5.45. The van der Waals surface area contributed by atoms with Crippen LogP contribution < -0.4 is 5.32 Å². The van der Waals surface area contributed by atoms with Crippen LogP contribution in [0.2, 0.25) is 0 Å². The van der Waals surface area contributed by atoms with Crippen LogP contribution in [-0.4, -0.2) is 17.5 Å². The summed E-state index contributed by atoms with van der Waals surface area (Å²) < 4.78 is 6.23. The molecule has 1 heterocycles. The molecule has 1 aliphatic rings. The Morgan fingerprint density at radius 2 is 2.15 bits per heavy atom. The fraction of sp³-hybridized carbons (Fsp3) is 0.467. The molecule has 0 aliphatic carbocycles. The Morgan fingerprint density at radius 1 is 1.45 bits per heavy atom. The maximum atomic E-state index is 12.0. The molecular weight excluding hydrogens is 322 g/mol. The number of hydrogen-bond donors (Lipinski definition) is 1. The number of nitrogens with one attached hydrogen (secondary N) is 1. The summed E-state index contributed by atoms with van der Waals surface area (Å²) in [6, 6.07) is 5.71. The zero-order valence-electron chi connectivity index (χ0n) is 11.8. The second kappa shape index (κ2) is 5.56. The van der Waals surface area contributed by atoms with Crippen molar-refractivity contribution in [1.29, 1.82) is 0 Å². The number of fused-ring (bicyclic) bond motifs is 1. The van der Waals surface area contributed by atoms with E-state index in [9.17, 15) is 9.59 Å². The first kappa shape index (κ1) is 15.0. The first-order valence-electron chi connectivity index (χ1n) is 6.56. The Bertz CT molecular complexity index is 549. The Hall–Kier alpha value is -1.36. The van der Waals surface area contributed by atoms with Crippen LogP contribution in [0.15, 0.2) is 22.7 Å². The molecule has 20 heavy (non-hydrogen) atoms. The quantitative estimate of drug-likeness (QED) is 0.841. The van der Waals surface area contributed by atoms with Crippen molar-refractivity contribution in [3.63, 3.8) is 0 Å². The van der Waals surface area contributed by atoms with Gasteiger partial charge in [-0.1, -0.05) is 15.9 Å². The highest BCUT2D eigenvalue weighted by Gasteiger charge is 2.30. The number of anilines is 1. The summed E-state index contributed by atoms with van der Waals surface area (Å²) >= 11 is 3.41. The first-order valence-corrected chi connectivity index (χ1v) is 7.35. The van der Waals surface area contributed by atoms with Gasteiger partial charge in [-0.15, -0.1) is 0 Å². The number of amides is 1. The smallest absolute Gasteiger partial charge is 0.307 e. The highest BCUT2D eigenvalue weighted by Crippen LogP contribution is 2.30. The molecule has 0 unspecified atom stereocenters. The molecule has 1 aliphatic heterocycles. The normalized spacial score (nSPS) is 18.2. The van der Waals surface area contributed by atoms with E-state index in [4.69, 9.17) is 4.74 Å². The monoisotopic (exact) mass is 339 g/mol. The molecule has 5 heteroatoms. The summed E-state index contributed by atoms with van der Waals surface area (Å²) in [5.41, 5.74) is 1.33. The van der Waals surface area contributed by atoms with E-state index >= 15 is 0 Å². The van der Waals surface area contributed by atoms with Crippen molar-refractivity contribution < 1.29 is 14.3 Å². The molecule has 0 aromatic heterocycles. The Balaban J connectivity index is 2.07. The molecule has 0 saturated carbocycles. The van der Waals surface area contributed by atoms with E-state index in [1.807, 2.05) is 39.0 Å². The lowest BCUT2D eigenvalue weighted by Crippen LogP contribution is -2.33. The van der Waals surface area contributed by atoms with Crippen LogP contribution in [0.3, 0.4) is 0 Å². The topological polar surface area (TPSA) is 55.4 Å². The van der Waals surface area contributed by atoms with E-state index in [0.717, 1.165) is 15.7 Å². The van der Waals surface area contributed by atoms with Gasteiger partial charge in [-0.05, 0) is 51.0 Å². The number of carbonyl (C=O) groups is 2. The average molecular weight is 340 g/mol. The lowest BCUT2D eigenvalue weighted by Gasteiger charge is -2.26. The first-order chi connectivity index (χ1) is 9.24. The van der Waals surface area contributed by atoms with E-state index in [-0.39, 0.29) is 24.2 Å². The molecule has 1 N–H and O–H groups in total. The fourth-order valence-corrected chi connectivity index (χ4v) is 2.60. The van der Waals surface area contributed by atoms with Crippen LogP contribution >= 0.6 is 15.9 Å². The highest BCUT2D eigenvalue weighted by molar-refractivity contribution is 9.10. The lowest BCUT2D eigenvalue weighted by atomic mass is 9.91. The molecule has 1 atom stereocenters. The molecule has 0 fully saturated rings. The Morgan fingerprint density at radius 3 is 2.80 bits per heavy atom. The largest absolute Gasteiger partial charge is 0.460 e. The van der Waals surface area contributed by atoms with Crippen LogP contribution in [0.4, 0.5) is 5.69 Å². The van der Waals surface area contributed by atoms with Crippen LogP contribution in [-0.2, 0) is 20.7 Å². The van der Waals surface area contributed by atoms with Crippen molar-refractivity contribution in [1.82, 2.24) is 0 Å². The van der Waals surface area contributed by atoms with Gasteiger partial charge in [0.25, 0.3) is 0 Å². The molecule has 0 bridgehead atoms.